The zero-order valence-corrected chi connectivity index (χ0v) is 15.9. The third kappa shape index (κ3) is 5.44. The Morgan fingerprint density at radius 3 is 2.83 bits per heavy atom. The first-order chi connectivity index (χ1) is 14.4. The highest BCUT2D eigenvalue weighted by atomic mass is 16.6. The molecule has 1 N–H and O–H groups in total. The Labute approximate surface area is 170 Å². The third-order valence-electron chi connectivity index (χ3n) is 3.96. The number of amides is 1. The van der Waals surface area contributed by atoms with Crippen LogP contribution < -0.4 is 5.32 Å². The van der Waals surface area contributed by atoms with Gasteiger partial charge < -0.3 is 14.6 Å². The molecule has 0 aliphatic rings. The third-order valence-corrected chi connectivity index (χ3v) is 3.96. The molecular formula is C19H17N5O6. The quantitative estimate of drug-likeness (QED) is 0.335. The Kier molecular flexibility index (Phi) is 6.42. The molecule has 0 aliphatic carbocycles. The first-order valence-electron chi connectivity index (χ1n) is 8.87. The number of nitro benzene ring substituents is 1. The number of nitro groups is 1. The van der Waals surface area contributed by atoms with E-state index in [1.165, 1.54) is 18.2 Å². The number of aryl methyl sites for hydroxylation is 2. The van der Waals surface area contributed by atoms with E-state index in [4.69, 9.17) is 9.26 Å². The molecule has 1 amide bonds. The number of pyridine rings is 1. The lowest BCUT2D eigenvalue weighted by atomic mass is 10.2. The van der Waals surface area contributed by atoms with Crippen molar-refractivity contribution in [2.45, 2.75) is 19.8 Å². The van der Waals surface area contributed by atoms with Crippen LogP contribution in [0.5, 0.6) is 0 Å². The van der Waals surface area contributed by atoms with Gasteiger partial charge in [-0.25, -0.2) is 0 Å². The molecule has 0 unspecified atom stereocenters. The van der Waals surface area contributed by atoms with Gasteiger partial charge in [-0.15, -0.1) is 0 Å². The molecule has 0 radical (unpaired) electrons. The Balaban J connectivity index is 1.45. The molecule has 0 spiro atoms. The van der Waals surface area contributed by atoms with E-state index >= 15 is 0 Å². The van der Waals surface area contributed by atoms with Crippen molar-refractivity contribution in [1.29, 1.82) is 0 Å². The van der Waals surface area contributed by atoms with Crippen molar-refractivity contribution in [3.8, 4) is 11.5 Å². The zero-order chi connectivity index (χ0) is 21.5. The van der Waals surface area contributed by atoms with Gasteiger partial charge in [0.05, 0.1) is 11.3 Å². The van der Waals surface area contributed by atoms with Gasteiger partial charge in [0.15, 0.2) is 6.61 Å². The number of anilines is 1. The number of benzene rings is 1. The molecule has 0 fully saturated rings. The van der Waals surface area contributed by atoms with Crippen LogP contribution in [-0.2, 0) is 20.7 Å². The smallest absolute Gasteiger partial charge is 0.306 e. The second-order valence-electron chi connectivity index (χ2n) is 6.19. The number of carbonyl (C=O) groups is 2. The number of ether oxygens (including phenoxy) is 1. The molecule has 0 saturated heterocycles. The summed E-state index contributed by atoms with van der Waals surface area (Å²) in [6.07, 6.45) is 1.68. The molecule has 3 aromatic rings. The van der Waals surface area contributed by atoms with Gasteiger partial charge in [-0.3, -0.25) is 24.7 Å². The van der Waals surface area contributed by atoms with Gasteiger partial charge in [0.25, 0.3) is 11.6 Å². The summed E-state index contributed by atoms with van der Waals surface area (Å²) in [4.78, 5) is 42.4. The molecule has 0 aliphatic heterocycles. The van der Waals surface area contributed by atoms with Crippen LogP contribution in [0.1, 0.15) is 17.9 Å². The molecule has 3 rings (SSSR count). The van der Waals surface area contributed by atoms with Gasteiger partial charge >= 0.3 is 5.97 Å². The molecule has 0 bridgehead atoms. The minimum atomic E-state index is -0.627. The molecule has 0 saturated carbocycles. The van der Waals surface area contributed by atoms with Crippen LogP contribution in [-0.4, -0.2) is 38.5 Å². The average molecular weight is 411 g/mol. The van der Waals surface area contributed by atoms with Crippen molar-refractivity contribution in [2.24, 2.45) is 0 Å². The Bertz CT molecular complexity index is 1070. The summed E-state index contributed by atoms with van der Waals surface area (Å²) in [6, 6.07) is 9.56. The maximum absolute atomic E-state index is 11.9. The molecule has 2 heterocycles. The first kappa shape index (κ1) is 20.6. The molecule has 1 aromatic carbocycles. The van der Waals surface area contributed by atoms with Gasteiger partial charge in [0, 0.05) is 29.9 Å². The van der Waals surface area contributed by atoms with Crippen molar-refractivity contribution in [3.05, 3.63) is 64.2 Å². The normalized spacial score (nSPS) is 10.4. The van der Waals surface area contributed by atoms with Gasteiger partial charge in [0.2, 0.25) is 11.7 Å². The monoisotopic (exact) mass is 411 g/mol. The summed E-state index contributed by atoms with van der Waals surface area (Å²) >= 11 is 0. The predicted molar refractivity (Wildman–Crippen MR) is 103 cm³/mol. The Morgan fingerprint density at radius 2 is 2.10 bits per heavy atom. The topological polar surface area (TPSA) is 150 Å². The minimum absolute atomic E-state index is 0.0624. The zero-order valence-electron chi connectivity index (χ0n) is 15.9. The van der Waals surface area contributed by atoms with E-state index in [1.807, 2.05) is 0 Å². The number of hydrogen-bond acceptors (Lipinski definition) is 9. The van der Waals surface area contributed by atoms with Gasteiger partial charge in [-0.1, -0.05) is 17.3 Å². The fourth-order valence-corrected chi connectivity index (χ4v) is 2.46. The number of nitrogens with one attached hydrogen (secondary N) is 1. The van der Waals surface area contributed by atoms with Crippen molar-refractivity contribution >= 4 is 23.3 Å². The van der Waals surface area contributed by atoms with Crippen LogP contribution in [0.15, 0.2) is 47.1 Å². The summed E-state index contributed by atoms with van der Waals surface area (Å²) in [5.74, 6) is -0.691. The maximum atomic E-state index is 11.9. The molecular weight excluding hydrogens is 394 g/mol. The van der Waals surface area contributed by atoms with Crippen LogP contribution in [0.3, 0.4) is 0 Å². The molecule has 11 nitrogen and oxygen atoms in total. The summed E-state index contributed by atoms with van der Waals surface area (Å²) in [7, 11) is 0. The van der Waals surface area contributed by atoms with Crippen LogP contribution in [0.2, 0.25) is 0 Å². The van der Waals surface area contributed by atoms with Crippen LogP contribution in [0, 0.1) is 17.0 Å². The lowest BCUT2D eigenvalue weighted by molar-refractivity contribution is -0.385. The summed E-state index contributed by atoms with van der Waals surface area (Å²) in [5, 5.41) is 17.2. The predicted octanol–water partition coefficient (Wildman–Crippen LogP) is 2.46. The van der Waals surface area contributed by atoms with E-state index in [2.05, 4.69) is 20.4 Å². The van der Waals surface area contributed by atoms with Crippen molar-refractivity contribution in [3.63, 3.8) is 0 Å². The van der Waals surface area contributed by atoms with Gasteiger partial charge in [-0.05, 0) is 25.1 Å². The van der Waals surface area contributed by atoms with Gasteiger partial charge in [0.1, 0.15) is 5.69 Å². The van der Waals surface area contributed by atoms with E-state index in [9.17, 15) is 19.7 Å². The highest BCUT2D eigenvalue weighted by Crippen LogP contribution is 2.22. The second-order valence-corrected chi connectivity index (χ2v) is 6.19. The van der Waals surface area contributed by atoms with Crippen molar-refractivity contribution in [1.82, 2.24) is 15.1 Å². The summed E-state index contributed by atoms with van der Waals surface area (Å²) in [5.41, 5.74) is 1.13. The second kappa shape index (κ2) is 9.37. The van der Waals surface area contributed by atoms with Crippen molar-refractivity contribution < 1.29 is 23.8 Å². The largest absolute Gasteiger partial charge is 0.456 e. The van der Waals surface area contributed by atoms with E-state index in [-0.39, 0.29) is 30.1 Å². The fourth-order valence-electron chi connectivity index (χ4n) is 2.46. The number of esters is 1. The number of rotatable bonds is 8. The Hall–Kier alpha value is -4.15. The lowest BCUT2D eigenvalue weighted by Crippen LogP contribution is -2.21. The van der Waals surface area contributed by atoms with E-state index in [1.54, 1.807) is 31.3 Å². The fraction of sp³-hybridized carbons (Fsp3) is 0.211. The lowest BCUT2D eigenvalue weighted by Gasteiger charge is -2.07. The molecule has 2 aromatic heterocycles. The average Bonchev–Trinajstić information content (AvgIpc) is 3.22. The van der Waals surface area contributed by atoms with Crippen LogP contribution >= 0.6 is 0 Å². The molecule has 0 atom stereocenters. The van der Waals surface area contributed by atoms with Crippen LogP contribution in [0.4, 0.5) is 11.4 Å². The Morgan fingerprint density at radius 1 is 1.27 bits per heavy atom. The number of aromatic nitrogens is 3. The van der Waals surface area contributed by atoms with E-state index in [0.717, 1.165) is 0 Å². The maximum Gasteiger partial charge on any atom is 0.306 e. The number of hydrogen-bond donors (Lipinski definition) is 1. The standard InChI is InChI=1S/C19H17N5O6/c1-12-5-6-13(10-15(12)24(27)28)21-16(25)11-29-18(26)8-7-17-22-19(23-30-17)14-4-2-3-9-20-14/h2-6,9-10H,7-8,11H2,1H3,(H,21,25). The summed E-state index contributed by atoms with van der Waals surface area (Å²) < 4.78 is 9.97. The van der Waals surface area contributed by atoms with Crippen molar-refractivity contribution in [2.75, 3.05) is 11.9 Å². The highest BCUT2D eigenvalue weighted by molar-refractivity contribution is 5.93. The molecule has 30 heavy (non-hydrogen) atoms. The first-order valence-corrected chi connectivity index (χ1v) is 8.87. The SMILES string of the molecule is Cc1ccc(NC(=O)COC(=O)CCc2nc(-c3ccccn3)no2)cc1[N+](=O)[O-]. The van der Waals surface area contributed by atoms with Crippen LogP contribution in [0.25, 0.3) is 11.5 Å². The van der Waals surface area contributed by atoms with E-state index < -0.39 is 23.4 Å². The number of carbonyl (C=O) groups excluding carboxylic acids is 2. The minimum Gasteiger partial charge on any atom is -0.456 e. The molecule has 11 heteroatoms. The highest BCUT2D eigenvalue weighted by Gasteiger charge is 2.15. The van der Waals surface area contributed by atoms with E-state index in [0.29, 0.717) is 17.1 Å². The van der Waals surface area contributed by atoms with Gasteiger partial charge in [-0.2, -0.15) is 4.98 Å². The number of nitrogens with zero attached hydrogens (tertiary/aromatic N) is 4. The molecule has 154 valence electrons. The summed E-state index contributed by atoms with van der Waals surface area (Å²) in [6.45, 7) is 1.07.